The summed E-state index contributed by atoms with van der Waals surface area (Å²) in [6, 6.07) is 0. The molecule has 2 heterocycles. The lowest BCUT2D eigenvalue weighted by atomic mass is 9.96. The van der Waals surface area contributed by atoms with Gasteiger partial charge in [-0.3, -0.25) is 0 Å². The van der Waals surface area contributed by atoms with Crippen molar-refractivity contribution in [1.29, 1.82) is 0 Å². The summed E-state index contributed by atoms with van der Waals surface area (Å²) < 4.78 is 16.6. The molecule has 2 saturated heterocycles. The van der Waals surface area contributed by atoms with Crippen molar-refractivity contribution in [2.45, 2.75) is 45.0 Å². The minimum Gasteiger partial charge on any atom is -0.389 e. The molecule has 0 unspecified atom stereocenters. The Labute approximate surface area is 122 Å². The lowest BCUT2D eigenvalue weighted by Crippen LogP contribution is -2.42. The van der Waals surface area contributed by atoms with Crippen LogP contribution in [0.25, 0.3) is 0 Å². The molecular formula is C15H29NO4. The molecule has 0 aromatic carbocycles. The number of aliphatic hydroxyl groups is 1. The standard InChI is InChI=1S/C15H29NO4/c1-2-3-8-18-12-14(17)11-16-6-4-13(5-7-16)15-19-9-10-20-15/h13-15,17H,2-12H2,1H3/t14-/m0/s1. The van der Waals surface area contributed by atoms with Gasteiger partial charge in [-0.25, -0.2) is 0 Å². The highest BCUT2D eigenvalue weighted by Crippen LogP contribution is 2.25. The molecule has 0 amide bonds. The fourth-order valence-electron chi connectivity index (χ4n) is 2.87. The zero-order valence-corrected chi connectivity index (χ0v) is 12.6. The number of β-amino-alcohol motifs (C(OH)–C–C–N with tert-alkyl or cyclic N) is 1. The molecule has 118 valence electrons. The third-order valence-corrected chi connectivity index (χ3v) is 4.09. The van der Waals surface area contributed by atoms with Crippen molar-refractivity contribution >= 4 is 0 Å². The van der Waals surface area contributed by atoms with Crippen molar-refractivity contribution in [3.05, 3.63) is 0 Å². The van der Waals surface area contributed by atoms with Crippen LogP contribution in [0.1, 0.15) is 32.6 Å². The predicted octanol–water partition coefficient (Wildman–Crippen LogP) is 1.25. The molecule has 1 N–H and O–H groups in total. The average Bonchev–Trinajstić information content (AvgIpc) is 2.99. The van der Waals surface area contributed by atoms with Crippen LogP contribution in [0.2, 0.25) is 0 Å². The molecule has 0 aliphatic carbocycles. The van der Waals surface area contributed by atoms with Crippen LogP contribution in [0, 0.1) is 5.92 Å². The molecule has 20 heavy (non-hydrogen) atoms. The molecule has 1 atom stereocenters. The first-order valence-electron chi connectivity index (χ1n) is 8.01. The number of piperidine rings is 1. The summed E-state index contributed by atoms with van der Waals surface area (Å²) in [5, 5.41) is 9.96. The van der Waals surface area contributed by atoms with E-state index in [1.54, 1.807) is 0 Å². The van der Waals surface area contributed by atoms with E-state index in [-0.39, 0.29) is 12.4 Å². The molecule has 2 aliphatic rings. The maximum atomic E-state index is 9.96. The molecule has 0 aromatic rings. The van der Waals surface area contributed by atoms with E-state index in [0.29, 0.717) is 19.1 Å². The van der Waals surface area contributed by atoms with Crippen LogP contribution in [0.5, 0.6) is 0 Å². The third-order valence-electron chi connectivity index (χ3n) is 4.09. The summed E-state index contributed by atoms with van der Waals surface area (Å²) in [7, 11) is 0. The number of likely N-dealkylation sites (tertiary alicyclic amines) is 1. The molecule has 0 aromatic heterocycles. The normalized spacial score (nSPS) is 24.3. The van der Waals surface area contributed by atoms with Crippen molar-refractivity contribution < 1.29 is 19.3 Å². The second-order valence-electron chi connectivity index (χ2n) is 5.83. The minimum atomic E-state index is -0.373. The highest BCUT2D eigenvalue weighted by atomic mass is 16.7. The van der Waals surface area contributed by atoms with Crippen molar-refractivity contribution in [2.75, 3.05) is 46.1 Å². The first-order chi connectivity index (χ1) is 9.79. The summed E-state index contributed by atoms with van der Waals surface area (Å²) >= 11 is 0. The molecule has 0 bridgehead atoms. The molecular weight excluding hydrogens is 258 g/mol. The first-order valence-corrected chi connectivity index (χ1v) is 8.01. The zero-order valence-electron chi connectivity index (χ0n) is 12.6. The first kappa shape index (κ1) is 16.2. The third kappa shape index (κ3) is 5.30. The van der Waals surface area contributed by atoms with E-state index >= 15 is 0 Å². The molecule has 2 aliphatic heterocycles. The van der Waals surface area contributed by atoms with Crippen LogP contribution in [-0.2, 0) is 14.2 Å². The lowest BCUT2D eigenvalue weighted by molar-refractivity contribution is -0.0994. The van der Waals surface area contributed by atoms with E-state index < -0.39 is 0 Å². The van der Waals surface area contributed by atoms with Crippen LogP contribution >= 0.6 is 0 Å². The second-order valence-corrected chi connectivity index (χ2v) is 5.83. The van der Waals surface area contributed by atoms with E-state index in [2.05, 4.69) is 11.8 Å². The molecule has 0 spiro atoms. The van der Waals surface area contributed by atoms with Crippen LogP contribution in [-0.4, -0.2) is 68.5 Å². The molecule has 5 heteroatoms. The largest absolute Gasteiger partial charge is 0.389 e. The maximum Gasteiger partial charge on any atom is 0.160 e. The fraction of sp³-hybridized carbons (Fsp3) is 1.00. The van der Waals surface area contributed by atoms with Crippen molar-refractivity contribution in [3.63, 3.8) is 0 Å². The van der Waals surface area contributed by atoms with Gasteiger partial charge in [0.1, 0.15) is 0 Å². The number of unbranched alkanes of at least 4 members (excludes halogenated alkanes) is 1. The molecule has 0 saturated carbocycles. The smallest absolute Gasteiger partial charge is 0.160 e. The molecule has 2 rings (SSSR count). The fourth-order valence-corrected chi connectivity index (χ4v) is 2.87. The Morgan fingerprint density at radius 2 is 1.95 bits per heavy atom. The summed E-state index contributed by atoms with van der Waals surface area (Å²) in [5.74, 6) is 0.520. The Morgan fingerprint density at radius 1 is 1.25 bits per heavy atom. The second kappa shape index (κ2) is 8.95. The van der Waals surface area contributed by atoms with E-state index in [0.717, 1.165) is 58.6 Å². The number of hydrogen-bond donors (Lipinski definition) is 1. The monoisotopic (exact) mass is 287 g/mol. The van der Waals surface area contributed by atoms with E-state index in [9.17, 15) is 5.11 Å². The van der Waals surface area contributed by atoms with E-state index in [1.165, 1.54) is 0 Å². The Bertz CT molecular complexity index is 250. The summed E-state index contributed by atoms with van der Waals surface area (Å²) in [6.45, 7) is 7.56. The Kier molecular flexibility index (Phi) is 7.24. The van der Waals surface area contributed by atoms with Crippen molar-refractivity contribution in [2.24, 2.45) is 5.92 Å². The SMILES string of the molecule is CCCCOC[C@@H](O)CN1CCC(C2OCCO2)CC1. The topological polar surface area (TPSA) is 51.2 Å². The van der Waals surface area contributed by atoms with Gasteiger partial charge < -0.3 is 24.2 Å². The van der Waals surface area contributed by atoms with Crippen LogP contribution in [0.4, 0.5) is 0 Å². The van der Waals surface area contributed by atoms with Gasteiger partial charge >= 0.3 is 0 Å². The summed E-state index contributed by atoms with van der Waals surface area (Å²) in [6.07, 6.45) is 4.03. The van der Waals surface area contributed by atoms with Gasteiger partial charge in [0.2, 0.25) is 0 Å². The Morgan fingerprint density at radius 3 is 2.60 bits per heavy atom. The van der Waals surface area contributed by atoms with Gasteiger partial charge in [-0.2, -0.15) is 0 Å². The number of ether oxygens (including phenoxy) is 3. The number of hydrogen-bond acceptors (Lipinski definition) is 5. The van der Waals surface area contributed by atoms with E-state index in [1.807, 2.05) is 0 Å². The highest BCUT2D eigenvalue weighted by molar-refractivity contribution is 4.77. The Hall–Kier alpha value is -0.200. The molecule has 0 radical (unpaired) electrons. The number of aliphatic hydroxyl groups excluding tert-OH is 1. The summed E-state index contributed by atoms with van der Waals surface area (Å²) in [4.78, 5) is 2.32. The van der Waals surface area contributed by atoms with Gasteiger partial charge in [-0.15, -0.1) is 0 Å². The quantitative estimate of drug-likeness (QED) is 0.681. The van der Waals surface area contributed by atoms with Crippen molar-refractivity contribution in [3.8, 4) is 0 Å². The minimum absolute atomic E-state index is 0.0134. The number of nitrogens with zero attached hydrogens (tertiary/aromatic N) is 1. The zero-order chi connectivity index (χ0) is 14.2. The number of rotatable bonds is 8. The maximum absolute atomic E-state index is 9.96. The highest BCUT2D eigenvalue weighted by Gasteiger charge is 2.30. The van der Waals surface area contributed by atoms with Crippen LogP contribution < -0.4 is 0 Å². The van der Waals surface area contributed by atoms with Gasteiger partial charge in [0.05, 0.1) is 25.9 Å². The average molecular weight is 287 g/mol. The predicted molar refractivity (Wildman–Crippen MR) is 76.6 cm³/mol. The molecule has 2 fully saturated rings. The molecule has 5 nitrogen and oxygen atoms in total. The summed E-state index contributed by atoms with van der Waals surface area (Å²) in [5.41, 5.74) is 0. The Balaban J connectivity index is 1.56. The van der Waals surface area contributed by atoms with Gasteiger partial charge in [-0.05, 0) is 32.4 Å². The van der Waals surface area contributed by atoms with Gasteiger partial charge in [-0.1, -0.05) is 13.3 Å². The van der Waals surface area contributed by atoms with Gasteiger partial charge in [0.25, 0.3) is 0 Å². The van der Waals surface area contributed by atoms with Crippen LogP contribution in [0.15, 0.2) is 0 Å². The van der Waals surface area contributed by atoms with E-state index in [4.69, 9.17) is 14.2 Å². The van der Waals surface area contributed by atoms with Crippen molar-refractivity contribution in [1.82, 2.24) is 4.90 Å². The van der Waals surface area contributed by atoms with Gasteiger partial charge in [0.15, 0.2) is 6.29 Å². The lowest BCUT2D eigenvalue weighted by Gasteiger charge is -2.34. The van der Waals surface area contributed by atoms with Crippen LogP contribution in [0.3, 0.4) is 0 Å². The van der Waals surface area contributed by atoms with Gasteiger partial charge in [0, 0.05) is 19.1 Å².